The Morgan fingerprint density at radius 2 is 1.29 bits per heavy atom. The molecule has 0 atom stereocenters. The van der Waals surface area contributed by atoms with Crippen LogP contribution in [0.3, 0.4) is 0 Å². The molecular weight excluding hydrogens is 446 g/mol. The van der Waals surface area contributed by atoms with Crippen molar-refractivity contribution in [3.8, 4) is 5.75 Å². The molecule has 0 saturated carbocycles. The molecule has 0 unspecified atom stereocenters. The van der Waals surface area contributed by atoms with Crippen LogP contribution in [0.1, 0.15) is 30.9 Å². The number of piperazine rings is 1. The van der Waals surface area contributed by atoms with Crippen molar-refractivity contribution in [2.75, 3.05) is 45.9 Å². The zero-order valence-electron chi connectivity index (χ0n) is 20.5. The van der Waals surface area contributed by atoms with Crippen LogP contribution < -0.4 is 4.74 Å². The predicted molar refractivity (Wildman–Crippen MR) is 134 cm³/mol. The molecule has 35 heavy (non-hydrogen) atoms. The van der Waals surface area contributed by atoms with Gasteiger partial charge in [-0.3, -0.25) is 14.7 Å². The Labute approximate surface area is 207 Å². The molecule has 2 saturated heterocycles. The number of ether oxygens (including phenoxy) is 1. The molecular formula is C27H37N3O5. The molecule has 2 fully saturated rings. The third-order valence-electron chi connectivity index (χ3n) is 6.55. The van der Waals surface area contributed by atoms with Gasteiger partial charge < -0.3 is 14.9 Å². The summed E-state index contributed by atoms with van der Waals surface area (Å²) in [4.78, 5) is 26.2. The van der Waals surface area contributed by atoms with Gasteiger partial charge in [0, 0.05) is 45.3 Å². The van der Waals surface area contributed by atoms with Crippen LogP contribution in [0.5, 0.6) is 5.75 Å². The predicted octanol–water partition coefficient (Wildman–Crippen LogP) is 3.02. The number of carboxylic acid groups (broad SMARTS) is 2. The smallest absolute Gasteiger partial charge is 0.414 e. The van der Waals surface area contributed by atoms with Crippen molar-refractivity contribution in [1.82, 2.24) is 14.7 Å². The van der Waals surface area contributed by atoms with Crippen LogP contribution in [0.15, 0.2) is 54.6 Å². The minimum atomic E-state index is -1.82. The molecule has 2 heterocycles. The molecule has 0 aromatic heterocycles. The highest BCUT2D eigenvalue weighted by molar-refractivity contribution is 6.27. The van der Waals surface area contributed by atoms with Crippen LogP contribution in [0.25, 0.3) is 0 Å². The zero-order valence-corrected chi connectivity index (χ0v) is 20.5. The number of piperidine rings is 1. The van der Waals surface area contributed by atoms with Crippen LogP contribution in [0, 0.1) is 0 Å². The molecule has 0 bridgehead atoms. The number of benzene rings is 2. The fourth-order valence-electron chi connectivity index (χ4n) is 4.69. The van der Waals surface area contributed by atoms with Gasteiger partial charge in [0.15, 0.2) is 0 Å². The highest BCUT2D eigenvalue weighted by Crippen LogP contribution is 2.21. The van der Waals surface area contributed by atoms with E-state index in [0.717, 1.165) is 31.5 Å². The van der Waals surface area contributed by atoms with Gasteiger partial charge in [0.05, 0.1) is 6.61 Å². The van der Waals surface area contributed by atoms with E-state index < -0.39 is 11.9 Å². The summed E-state index contributed by atoms with van der Waals surface area (Å²) in [6.45, 7) is 12.1. The molecule has 8 nitrogen and oxygen atoms in total. The summed E-state index contributed by atoms with van der Waals surface area (Å²) in [5.41, 5.74) is 2.82. The number of aliphatic carboxylic acids is 2. The Hall–Kier alpha value is -2.94. The van der Waals surface area contributed by atoms with E-state index in [4.69, 9.17) is 24.5 Å². The SMILES string of the molecule is CCOc1ccc(CN2CCN(C3CCN(Cc4ccccc4)CC3)CC2)cc1.O=C(O)C(=O)O. The van der Waals surface area contributed by atoms with Crippen LogP contribution >= 0.6 is 0 Å². The minimum absolute atomic E-state index is 0.729. The molecule has 0 radical (unpaired) electrons. The van der Waals surface area contributed by atoms with Crippen LogP contribution in [0.2, 0.25) is 0 Å². The number of nitrogens with zero attached hydrogens (tertiary/aromatic N) is 3. The van der Waals surface area contributed by atoms with Crippen LogP contribution in [-0.4, -0.2) is 88.8 Å². The zero-order chi connectivity index (χ0) is 25.0. The minimum Gasteiger partial charge on any atom is -0.494 e. The molecule has 190 valence electrons. The summed E-state index contributed by atoms with van der Waals surface area (Å²) >= 11 is 0. The lowest BCUT2D eigenvalue weighted by Gasteiger charge is -2.42. The quantitative estimate of drug-likeness (QED) is 0.581. The van der Waals surface area contributed by atoms with Gasteiger partial charge in [0.1, 0.15) is 5.75 Å². The van der Waals surface area contributed by atoms with E-state index in [1.54, 1.807) is 0 Å². The maximum atomic E-state index is 9.10. The van der Waals surface area contributed by atoms with Crippen molar-refractivity contribution in [3.05, 3.63) is 65.7 Å². The normalized spacial score (nSPS) is 17.9. The number of hydrogen-bond donors (Lipinski definition) is 2. The van der Waals surface area contributed by atoms with Crippen molar-refractivity contribution in [3.63, 3.8) is 0 Å². The first-order valence-corrected chi connectivity index (χ1v) is 12.3. The third kappa shape index (κ3) is 8.98. The molecule has 2 aromatic carbocycles. The monoisotopic (exact) mass is 483 g/mol. The largest absolute Gasteiger partial charge is 0.494 e. The summed E-state index contributed by atoms with van der Waals surface area (Å²) in [5.74, 6) is -2.68. The van der Waals surface area contributed by atoms with E-state index in [2.05, 4.69) is 69.3 Å². The highest BCUT2D eigenvalue weighted by Gasteiger charge is 2.27. The summed E-state index contributed by atoms with van der Waals surface area (Å²) < 4.78 is 5.55. The summed E-state index contributed by atoms with van der Waals surface area (Å²) in [6, 6.07) is 20.3. The average molecular weight is 484 g/mol. The molecule has 2 aromatic rings. The molecule has 0 aliphatic carbocycles. The molecule has 2 aliphatic heterocycles. The second kappa shape index (κ2) is 13.8. The second-order valence-electron chi connectivity index (χ2n) is 8.99. The van der Waals surface area contributed by atoms with E-state index >= 15 is 0 Å². The Morgan fingerprint density at radius 1 is 0.771 bits per heavy atom. The Balaban J connectivity index is 0.000000509. The van der Waals surface area contributed by atoms with Crippen LogP contribution in [0.4, 0.5) is 0 Å². The number of carbonyl (C=O) groups is 2. The number of likely N-dealkylation sites (tertiary alicyclic amines) is 1. The van der Waals surface area contributed by atoms with E-state index in [9.17, 15) is 0 Å². The van der Waals surface area contributed by atoms with Gasteiger partial charge in [-0.15, -0.1) is 0 Å². The Morgan fingerprint density at radius 3 is 1.80 bits per heavy atom. The lowest BCUT2D eigenvalue weighted by atomic mass is 10.0. The average Bonchev–Trinajstić information content (AvgIpc) is 2.87. The summed E-state index contributed by atoms with van der Waals surface area (Å²) in [6.07, 6.45) is 2.62. The van der Waals surface area contributed by atoms with Crippen LogP contribution in [-0.2, 0) is 22.7 Å². The van der Waals surface area contributed by atoms with E-state index in [1.165, 1.54) is 63.2 Å². The standard InChI is InChI=1S/C25H35N3O.C2H2O4/c1-2-29-25-10-8-23(9-11-25)21-27-16-18-28(19-17-27)24-12-14-26(15-13-24)20-22-6-4-3-5-7-22;3-1(4)2(5)6/h3-11,24H,2,12-21H2,1H3;(H,3,4)(H,5,6). The highest BCUT2D eigenvalue weighted by atomic mass is 16.5. The molecule has 8 heteroatoms. The Kier molecular flexibility index (Phi) is 10.5. The van der Waals surface area contributed by atoms with E-state index in [1.807, 2.05) is 6.92 Å². The molecule has 2 aliphatic rings. The van der Waals surface area contributed by atoms with Gasteiger partial charge in [-0.05, 0) is 56.1 Å². The van der Waals surface area contributed by atoms with E-state index in [0.29, 0.717) is 0 Å². The summed E-state index contributed by atoms with van der Waals surface area (Å²) in [7, 11) is 0. The van der Waals surface area contributed by atoms with Gasteiger partial charge in [0.2, 0.25) is 0 Å². The lowest BCUT2D eigenvalue weighted by Crippen LogP contribution is -2.52. The maximum Gasteiger partial charge on any atom is 0.414 e. The molecule has 4 rings (SSSR count). The first kappa shape index (κ1) is 26.7. The topological polar surface area (TPSA) is 93.5 Å². The summed E-state index contributed by atoms with van der Waals surface area (Å²) in [5, 5.41) is 14.8. The first-order chi connectivity index (χ1) is 16.9. The van der Waals surface area contributed by atoms with Crippen molar-refractivity contribution in [2.45, 2.75) is 38.9 Å². The van der Waals surface area contributed by atoms with Crippen molar-refractivity contribution >= 4 is 11.9 Å². The number of carboxylic acids is 2. The molecule has 2 N–H and O–H groups in total. The van der Waals surface area contributed by atoms with E-state index in [-0.39, 0.29) is 0 Å². The fourth-order valence-corrected chi connectivity index (χ4v) is 4.69. The lowest BCUT2D eigenvalue weighted by molar-refractivity contribution is -0.159. The van der Waals surface area contributed by atoms with Crippen molar-refractivity contribution in [2.24, 2.45) is 0 Å². The molecule has 0 amide bonds. The molecule has 0 spiro atoms. The van der Waals surface area contributed by atoms with Crippen molar-refractivity contribution in [1.29, 1.82) is 0 Å². The third-order valence-corrected chi connectivity index (χ3v) is 6.55. The van der Waals surface area contributed by atoms with Gasteiger partial charge >= 0.3 is 11.9 Å². The van der Waals surface area contributed by atoms with Gasteiger partial charge in [-0.1, -0.05) is 42.5 Å². The van der Waals surface area contributed by atoms with Gasteiger partial charge in [-0.2, -0.15) is 0 Å². The maximum absolute atomic E-state index is 9.10. The van der Waals surface area contributed by atoms with Crippen molar-refractivity contribution < 1.29 is 24.5 Å². The van der Waals surface area contributed by atoms with Gasteiger partial charge in [0.25, 0.3) is 0 Å². The first-order valence-electron chi connectivity index (χ1n) is 12.3. The Bertz CT molecular complexity index is 894. The number of rotatable bonds is 7. The second-order valence-corrected chi connectivity index (χ2v) is 8.99. The van der Waals surface area contributed by atoms with Gasteiger partial charge in [-0.25, -0.2) is 9.59 Å². The fraction of sp³-hybridized carbons (Fsp3) is 0.481. The number of hydrogen-bond acceptors (Lipinski definition) is 6.